The van der Waals surface area contributed by atoms with Crippen LogP contribution in [0.5, 0.6) is 11.5 Å². The lowest BCUT2D eigenvalue weighted by molar-refractivity contribution is 0.473. The zero-order valence-corrected chi connectivity index (χ0v) is 11.8. The van der Waals surface area contributed by atoms with E-state index in [1.807, 2.05) is 13.8 Å². The second kappa shape index (κ2) is 5.65. The highest BCUT2D eigenvalue weighted by atomic mass is 35.5. The van der Waals surface area contributed by atoms with Crippen molar-refractivity contribution in [3.63, 3.8) is 0 Å². The maximum atomic E-state index is 9.11. The summed E-state index contributed by atoms with van der Waals surface area (Å²) >= 11 is 5.86. The van der Waals surface area contributed by atoms with E-state index in [-0.39, 0.29) is 0 Å². The molecule has 0 unspecified atom stereocenters. The van der Waals surface area contributed by atoms with Gasteiger partial charge in [-0.2, -0.15) is 10.5 Å². The number of hydrogen-bond donors (Lipinski definition) is 0. The molecule has 0 fully saturated rings. The molecule has 2 aromatic rings. The first-order valence-corrected chi connectivity index (χ1v) is 6.32. The topological polar surface area (TPSA) is 56.8 Å². The molecule has 3 nitrogen and oxygen atoms in total. The highest BCUT2D eigenvalue weighted by Crippen LogP contribution is 2.32. The predicted octanol–water partition coefficient (Wildman–Crippen LogP) is 4.49. The Labute approximate surface area is 122 Å². The molecule has 0 atom stereocenters. The van der Waals surface area contributed by atoms with Crippen molar-refractivity contribution in [3.8, 4) is 23.6 Å². The van der Waals surface area contributed by atoms with E-state index in [1.54, 1.807) is 30.3 Å². The summed E-state index contributed by atoms with van der Waals surface area (Å²) in [4.78, 5) is 0. The minimum Gasteiger partial charge on any atom is -0.455 e. The maximum absolute atomic E-state index is 9.11. The van der Waals surface area contributed by atoms with Crippen molar-refractivity contribution in [1.29, 1.82) is 10.5 Å². The Kier molecular flexibility index (Phi) is 3.94. The van der Waals surface area contributed by atoms with Gasteiger partial charge in [0.1, 0.15) is 17.6 Å². The highest BCUT2D eigenvalue weighted by Gasteiger charge is 2.11. The van der Waals surface area contributed by atoms with Gasteiger partial charge in [0.2, 0.25) is 0 Å². The van der Waals surface area contributed by atoms with Crippen LogP contribution in [-0.4, -0.2) is 0 Å². The van der Waals surface area contributed by atoms with E-state index < -0.39 is 0 Å². The van der Waals surface area contributed by atoms with Crippen LogP contribution in [0.4, 0.5) is 0 Å². The van der Waals surface area contributed by atoms with Gasteiger partial charge in [0.25, 0.3) is 0 Å². The van der Waals surface area contributed by atoms with Gasteiger partial charge in [-0.1, -0.05) is 11.6 Å². The number of nitrogens with zero attached hydrogens (tertiary/aromatic N) is 2. The van der Waals surface area contributed by atoms with Gasteiger partial charge in [0.15, 0.2) is 0 Å². The van der Waals surface area contributed by atoms with Crippen LogP contribution in [0.15, 0.2) is 30.3 Å². The minimum atomic E-state index is 0.376. The van der Waals surface area contributed by atoms with Crippen LogP contribution in [0.2, 0.25) is 5.02 Å². The lowest BCUT2D eigenvalue weighted by Crippen LogP contribution is -1.94. The van der Waals surface area contributed by atoms with Gasteiger partial charge < -0.3 is 4.74 Å². The Morgan fingerprint density at radius 1 is 1.00 bits per heavy atom. The molecule has 0 aliphatic carbocycles. The monoisotopic (exact) mass is 282 g/mol. The Morgan fingerprint density at radius 2 is 1.65 bits per heavy atom. The van der Waals surface area contributed by atoms with E-state index in [4.69, 9.17) is 26.9 Å². The number of aryl methyl sites for hydroxylation is 2. The standard InChI is InChI=1S/C16H11ClN2O/c1-10-5-12(8-18)6-11(2)16(10)20-15-4-3-14(17)7-13(15)9-19/h3-7H,1-2H3. The molecule has 0 aliphatic rings. The average Bonchev–Trinajstić information content (AvgIpc) is 2.43. The van der Waals surface area contributed by atoms with Crippen molar-refractivity contribution < 1.29 is 4.74 Å². The summed E-state index contributed by atoms with van der Waals surface area (Å²) in [6.07, 6.45) is 0. The fourth-order valence-corrected chi connectivity index (χ4v) is 2.14. The number of nitriles is 2. The van der Waals surface area contributed by atoms with Crippen molar-refractivity contribution >= 4 is 11.6 Å². The molecule has 0 radical (unpaired) electrons. The Bertz CT molecular complexity index is 731. The van der Waals surface area contributed by atoms with Crippen molar-refractivity contribution in [3.05, 3.63) is 57.6 Å². The van der Waals surface area contributed by atoms with Crippen LogP contribution in [0.25, 0.3) is 0 Å². The SMILES string of the molecule is Cc1cc(C#N)cc(C)c1Oc1ccc(Cl)cc1C#N. The molecule has 2 rings (SSSR count). The van der Waals surface area contributed by atoms with Gasteiger partial charge in [-0.15, -0.1) is 0 Å². The number of rotatable bonds is 2. The molecule has 0 spiro atoms. The summed E-state index contributed by atoms with van der Waals surface area (Å²) < 4.78 is 5.83. The van der Waals surface area contributed by atoms with Gasteiger partial charge >= 0.3 is 0 Å². The fourth-order valence-electron chi connectivity index (χ4n) is 1.96. The summed E-state index contributed by atoms with van der Waals surface area (Å²) in [5.74, 6) is 1.11. The number of hydrogen-bond acceptors (Lipinski definition) is 3. The zero-order chi connectivity index (χ0) is 14.7. The zero-order valence-electron chi connectivity index (χ0n) is 11.1. The summed E-state index contributed by atoms with van der Waals surface area (Å²) in [6, 6.07) is 12.6. The Morgan fingerprint density at radius 3 is 2.20 bits per heavy atom. The second-order valence-electron chi connectivity index (χ2n) is 4.41. The molecular formula is C16H11ClN2O. The fraction of sp³-hybridized carbons (Fsp3) is 0.125. The minimum absolute atomic E-state index is 0.376. The third-order valence-corrected chi connectivity index (χ3v) is 3.10. The molecule has 2 aromatic carbocycles. The van der Waals surface area contributed by atoms with Gasteiger partial charge in [0.05, 0.1) is 17.2 Å². The summed E-state index contributed by atoms with van der Waals surface area (Å²) in [6.45, 7) is 3.73. The third-order valence-electron chi connectivity index (χ3n) is 2.86. The smallest absolute Gasteiger partial charge is 0.145 e. The molecule has 0 aromatic heterocycles. The first kappa shape index (κ1) is 13.9. The number of benzene rings is 2. The van der Waals surface area contributed by atoms with Gasteiger partial charge in [0, 0.05) is 5.02 Å². The van der Waals surface area contributed by atoms with Crippen LogP contribution in [0.1, 0.15) is 22.3 Å². The Balaban J connectivity index is 2.46. The quantitative estimate of drug-likeness (QED) is 0.815. The first-order chi connectivity index (χ1) is 9.55. The van der Waals surface area contributed by atoms with E-state index in [9.17, 15) is 0 Å². The maximum Gasteiger partial charge on any atom is 0.145 e. The van der Waals surface area contributed by atoms with Crippen molar-refractivity contribution in [2.45, 2.75) is 13.8 Å². The Hall–Kier alpha value is -2.49. The lowest BCUT2D eigenvalue weighted by atomic mass is 10.1. The predicted molar refractivity (Wildman–Crippen MR) is 76.9 cm³/mol. The van der Waals surface area contributed by atoms with Crippen molar-refractivity contribution in [1.82, 2.24) is 0 Å². The molecule has 0 saturated carbocycles. The molecule has 0 heterocycles. The third kappa shape index (κ3) is 2.74. The van der Waals surface area contributed by atoms with Crippen molar-refractivity contribution in [2.24, 2.45) is 0 Å². The van der Waals surface area contributed by atoms with Gasteiger partial charge in [-0.3, -0.25) is 0 Å². The first-order valence-electron chi connectivity index (χ1n) is 5.94. The molecular weight excluding hydrogens is 272 g/mol. The van der Waals surface area contributed by atoms with Gasteiger partial charge in [-0.25, -0.2) is 0 Å². The van der Waals surface area contributed by atoms with Crippen LogP contribution < -0.4 is 4.74 Å². The number of ether oxygens (including phenoxy) is 1. The van der Waals surface area contributed by atoms with Crippen LogP contribution in [0.3, 0.4) is 0 Å². The van der Waals surface area contributed by atoms with E-state index in [2.05, 4.69) is 12.1 Å². The second-order valence-corrected chi connectivity index (χ2v) is 4.84. The van der Waals surface area contributed by atoms with Crippen molar-refractivity contribution in [2.75, 3.05) is 0 Å². The molecule has 0 bridgehead atoms. The summed E-state index contributed by atoms with van der Waals surface area (Å²) in [7, 11) is 0. The van der Waals surface area contributed by atoms with E-state index >= 15 is 0 Å². The molecule has 4 heteroatoms. The highest BCUT2D eigenvalue weighted by molar-refractivity contribution is 6.30. The summed E-state index contributed by atoms with van der Waals surface area (Å²) in [5, 5.41) is 18.5. The lowest BCUT2D eigenvalue weighted by Gasteiger charge is -2.13. The van der Waals surface area contributed by atoms with Crippen LogP contribution in [0, 0.1) is 36.5 Å². The normalized spacial score (nSPS) is 9.65. The molecule has 0 aliphatic heterocycles. The van der Waals surface area contributed by atoms with E-state index in [0.717, 1.165) is 11.1 Å². The molecule has 98 valence electrons. The van der Waals surface area contributed by atoms with E-state index in [1.165, 1.54) is 0 Å². The van der Waals surface area contributed by atoms with Gasteiger partial charge in [-0.05, 0) is 55.3 Å². The van der Waals surface area contributed by atoms with Crippen LogP contribution in [-0.2, 0) is 0 Å². The molecule has 0 saturated heterocycles. The average molecular weight is 283 g/mol. The molecule has 0 N–H and O–H groups in total. The summed E-state index contributed by atoms with van der Waals surface area (Å²) in [5.41, 5.74) is 2.66. The van der Waals surface area contributed by atoms with E-state index in [0.29, 0.717) is 27.6 Å². The largest absolute Gasteiger partial charge is 0.455 e. The molecule has 0 amide bonds. The molecule has 20 heavy (non-hydrogen) atoms. The van der Waals surface area contributed by atoms with Crippen LogP contribution >= 0.6 is 11.6 Å². The number of halogens is 1.